The van der Waals surface area contributed by atoms with Crippen LogP contribution >= 0.6 is 12.4 Å². The number of amides is 1. The van der Waals surface area contributed by atoms with Gasteiger partial charge < -0.3 is 15.8 Å². The Morgan fingerprint density at radius 1 is 1.22 bits per heavy atom. The van der Waals surface area contributed by atoms with Crippen LogP contribution in [0.15, 0.2) is 30.3 Å². The Bertz CT molecular complexity index is 494. The van der Waals surface area contributed by atoms with E-state index in [1.807, 2.05) is 18.2 Å². The summed E-state index contributed by atoms with van der Waals surface area (Å²) in [7, 11) is 0. The Morgan fingerprint density at radius 3 is 2.61 bits per heavy atom. The van der Waals surface area contributed by atoms with E-state index < -0.39 is 0 Å². The zero-order chi connectivity index (χ0) is 15.4. The second kappa shape index (κ2) is 8.64. The topological polar surface area (TPSA) is 67.6 Å². The van der Waals surface area contributed by atoms with Crippen LogP contribution in [0.3, 0.4) is 0 Å². The van der Waals surface area contributed by atoms with Crippen molar-refractivity contribution in [1.82, 2.24) is 10.2 Å². The van der Waals surface area contributed by atoms with Crippen molar-refractivity contribution < 1.29 is 9.53 Å². The molecule has 23 heavy (non-hydrogen) atoms. The van der Waals surface area contributed by atoms with E-state index in [4.69, 9.17) is 10.5 Å². The lowest BCUT2D eigenvalue weighted by molar-refractivity contribution is -0.123. The maximum Gasteiger partial charge on any atom is 0.234 e. The first-order valence-corrected chi connectivity index (χ1v) is 8.12. The summed E-state index contributed by atoms with van der Waals surface area (Å²) in [4.78, 5) is 14.3. The molecule has 2 atom stereocenters. The van der Waals surface area contributed by atoms with Gasteiger partial charge in [-0.25, -0.2) is 0 Å². The number of nitrogens with one attached hydrogen (secondary N) is 1. The van der Waals surface area contributed by atoms with Gasteiger partial charge in [0, 0.05) is 44.3 Å². The number of nitrogens with two attached hydrogens (primary N) is 1. The summed E-state index contributed by atoms with van der Waals surface area (Å²) >= 11 is 0. The van der Waals surface area contributed by atoms with E-state index in [1.165, 1.54) is 5.56 Å². The lowest BCUT2D eigenvalue weighted by atomic mass is 9.95. The highest BCUT2D eigenvalue weighted by molar-refractivity contribution is 5.85. The van der Waals surface area contributed by atoms with E-state index in [-0.39, 0.29) is 30.4 Å². The minimum atomic E-state index is 0. The van der Waals surface area contributed by atoms with E-state index in [1.54, 1.807) is 0 Å². The fraction of sp³-hybridized carbons (Fsp3) is 0.588. The van der Waals surface area contributed by atoms with Crippen molar-refractivity contribution in [3.63, 3.8) is 0 Å². The van der Waals surface area contributed by atoms with E-state index in [0.717, 1.165) is 39.1 Å². The van der Waals surface area contributed by atoms with Gasteiger partial charge in [-0.05, 0) is 18.4 Å². The molecule has 2 heterocycles. The van der Waals surface area contributed by atoms with Crippen molar-refractivity contribution in [2.24, 2.45) is 5.73 Å². The van der Waals surface area contributed by atoms with Gasteiger partial charge >= 0.3 is 0 Å². The zero-order valence-electron chi connectivity index (χ0n) is 13.3. The van der Waals surface area contributed by atoms with Crippen LogP contribution in [0.25, 0.3) is 0 Å². The minimum absolute atomic E-state index is 0. The molecule has 2 fully saturated rings. The molecule has 3 N–H and O–H groups in total. The molecule has 128 valence electrons. The molecule has 0 spiro atoms. The van der Waals surface area contributed by atoms with Crippen LogP contribution in [0, 0.1) is 0 Å². The molecule has 0 saturated carbocycles. The van der Waals surface area contributed by atoms with E-state index in [2.05, 4.69) is 22.3 Å². The highest BCUT2D eigenvalue weighted by Gasteiger charge is 2.32. The zero-order valence-corrected chi connectivity index (χ0v) is 14.1. The molecule has 2 aliphatic rings. The first-order valence-electron chi connectivity index (χ1n) is 8.12. The predicted molar refractivity (Wildman–Crippen MR) is 92.8 cm³/mol. The molecule has 0 radical (unpaired) electrons. The van der Waals surface area contributed by atoms with E-state index in [9.17, 15) is 4.79 Å². The van der Waals surface area contributed by atoms with Gasteiger partial charge in [-0.15, -0.1) is 12.4 Å². The Morgan fingerprint density at radius 2 is 1.91 bits per heavy atom. The predicted octanol–water partition coefficient (Wildman–Crippen LogP) is 1.13. The van der Waals surface area contributed by atoms with Crippen molar-refractivity contribution >= 4 is 18.3 Å². The number of nitrogens with zero attached hydrogens (tertiary/aromatic N) is 1. The average Bonchev–Trinajstić information content (AvgIpc) is 2.89. The first-order chi connectivity index (χ1) is 10.7. The second-order valence-corrected chi connectivity index (χ2v) is 6.33. The molecule has 2 aliphatic heterocycles. The quantitative estimate of drug-likeness (QED) is 0.863. The molecule has 1 aromatic carbocycles. The molecule has 1 amide bonds. The Hall–Kier alpha value is -1.14. The number of rotatable bonds is 4. The highest BCUT2D eigenvalue weighted by Crippen LogP contribution is 2.25. The Kier molecular flexibility index (Phi) is 6.84. The van der Waals surface area contributed by atoms with Gasteiger partial charge in [-0.1, -0.05) is 30.3 Å². The lowest BCUT2D eigenvalue weighted by Gasteiger charge is -2.24. The van der Waals surface area contributed by atoms with E-state index >= 15 is 0 Å². The Balaban J connectivity index is 0.00000192. The van der Waals surface area contributed by atoms with Gasteiger partial charge in [-0.2, -0.15) is 0 Å². The van der Waals surface area contributed by atoms with Gasteiger partial charge in [0.05, 0.1) is 6.54 Å². The summed E-state index contributed by atoms with van der Waals surface area (Å²) in [5.41, 5.74) is 7.54. The summed E-state index contributed by atoms with van der Waals surface area (Å²) < 4.78 is 5.31. The molecule has 1 aromatic rings. The largest absolute Gasteiger partial charge is 0.381 e. The standard InChI is InChI=1S/C17H25N3O2.ClH/c18-16-11-20(10-15(16)13-4-2-1-3-5-13)12-17(21)19-14-6-8-22-9-7-14;/h1-5,14-16H,6-12,18H2,(H,19,21);1H/t15-,16+;/m0./s1. The number of halogens is 1. The number of carbonyl (C=O) groups excluding carboxylic acids is 1. The van der Waals surface area contributed by atoms with Crippen molar-refractivity contribution in [1.29, 1.82) is 0 Å². The smallest absolute Gasteiger partial charge is 0.234 e. The number of hydrogen-bond donors (Lipinski definition) is 2. The van der Waals surface area contributed by atoms with Crippen LogP contribution in [-0.2, 0) is 9.53 Å². The van der Waals surface area contributed by atoms with Crippen LogP contribution in [0.2, 0.25) is 0 Å². The molecule has 3 rings (SSSR count). The number of benzene rings is 1. The van der Waals surface area contributed by atoms with Crippen LogP contribution in [0.4, 0.5) is 0 Å². The van der Waals surface area contributed by atoms with Crippen LogP contribution in [0.1, 0.15) is 24.3 Å². The molecular formula is C17H26ClN3O2. The summed E-state index contributed by atoms with van der Waals surface area (Å²) in [6, 6.07) is 10.7. The van der Waals surface area contributed by atoms with Crippen LogP contribution < -0.4 is 11.1 Å². The van der Waals surface area contributed by atoms with Crippen LogP contribution in [0.5, 0.6) is 0 Å². The summed E-state index contributed by atoms with van der Waals surface area (Å²) in [6.07, 6.45) is 1.83. The fourth-order valence-electron chi connectivity index (χ4n) is 3.41. The van der Waals surface area contributed by atoms with E-state index in [0.29, 0.717) is 12.5 Å². The van der Waals surface area contributed by atoms with Crippen molar-refractivity contribution in [3.8, 4) is 0 Å². The summed E-state index contributed by atoms with van der Waals surface area (Å²) in [6.45, 7) is 3.56. The molecule has 5 nitrogen and oxygen atoms in total. The second-order valence-electron chi connectivity index (χ2n) is 6.33. The molecule has 0 bridgehead atoms. The maximum absolute atomic E-state index is 12.2. The van der Waals surface area contributed by atoms with Crippen molar-refractivity contribution in [2.75, 3.05) is 32.8 Å². The fourth-order valence-corrected chi connectivity index (χ4v) is 3.41. The molecule has 2 saturated heterocycles. The van der Waals surface area contributed by atoms with Crippen molar-refractivity contribution in [3.05, 3.63) is 35.9 Å². The third-order valence-electron chi connectivity index (χ3n) is 4.62. The Labute approximate surface area is 144 Å². The average molecular weight is 340 g/mol. The van der Waals surface area contributed by atoms with Gasteiger partial charge in [0.2, 0.25) is 5.91 Å². The SMILES string of the molecule is Cl.N[C@@H]1CN(CC(=O)NC2CCOCC2)C[C@H]1c1ccccc1. The minimum Gasteiger partial charge on any atom is -0.381 e. The number of ether oxygens (including phenoxy) is 1. The summed E-state index contributed by atoms with van der Waals surface area (Å²) in [5.74, 6) is 0.421. The first kappa shape index (κ1) is 18.2. The highest BCUT2D eigenvalue weighted by atomic mass is 35.5. The van der Waals surface area contributed by atoms with Crippen LogP contribution in [-0.4, -0.2) is 55.7 Å². The van der Waals surface area contributed by atoms with Gasteiger partial charge in [-0.3, -0.25) is 9.69 Å². The molecular weight excluding hydrogens is 314 g/mol. The van der Waals surface area contributed by atoms with Gasteiger partial charge in [0.1, 0.15) is 0 Å². The van der Waals surface area contributed by atoms with Gasteiger partial charge in [0.15, 0.2) is 0 Å². The van der Waals surface area contributed by atoms with Crippen molar-refractivity contribution in [2.45, 2.75) is 30.8 Å². The normalized spacial score (nSPS) is 25.8. The molecule has 6 heteroatoms. The molecule has 0 unspecified atom stereocenters. The third kappa shape index (κ3) is 4.91. The monoisotopic (exact) mass is 339 g/mol. The summed E-state index contributed by atoms with van der Waals surface area (Å²) in [5, 5.41) is 3.11. The maximum atomic E-state index is 12.2. The molecule has 0 aliphatic carbocycles. The van der Waals surface area contributed by atoms with Gasteiger partial charge in [0.25, 0.3) is 0 Å². The number of carbonyl (C=O) groups is 1. The third-order valence-corrected chi connectivity index (χ3v) is 4.62. The number of likely N-dealkylation sites (tertiary alicyclic amines) is 1. The molecule has 0 aromatic heterocycles. The number of hydrogen-bond acceptors (Lipinski definition) is 4. The lowest BCUT2D eigenvalue weighted by Crippen LogP contribution is -2.44.